The van der Waals surface area contributed by atoms with Crippen molar-refractivity contribution in [2.75, 3.05) is 12.4 Å². The lowest BCUT2D eigenvalue weighted by Crippen LogP contribution is -2.44. The van der Waals surface area contributed by atoms with Crippen LogP contribution in [-0.4, -0.2) is 28.9 Å². The molecule has 1 amide bonds. The van der Waals surface area contributed by atoms with Crippen LogP contribution < -0.4 is 10.1 Å². The minimum Gasteiger partial charge on any atom is -0.495 e. The molecule has 5 nitrogen and oxygen atoms in total. The summed E-state index contributed by atoms with van der Waals surface area (Å²) >= 11 is 0. The topological polar surface area (TPSA) is 54.5 Å². The Bertz CT molecular complexity index is 1010. The third-order valence-corrected chi connectivity index (χ3v) is 6.68. The Balaban J connectivity index is 1.61. The first-order valence-electron chi connectivity index (χ1n) is 10.9. The molecule has 2 heterocycles. The van der Waals surface area contributed by atoms with Gasteiger partial charge in [0.2, 0.25) is 0 Å². The van der Waals surface area contributed by atoms with Crippen LogP contribution >= 0.6 is 0 Å². The van der Waals surface area contributed by atoms with Crippen molar-refractivity contribution in [3.63, 3.8) is 0 Å². The number of hydrogen-bond acceptors (Lipinski definition) is 4. The number of anilines is 1. The van der Waals surface area contributed by atoms with Gasteiger partial charge in [0.15, 0.2) is 0 Å². The Hall–Kier alpha value is -2.61. The monoisotopic (exact) mass is 447 g/mol. The van der Waals surface area contributed by atoms with Crippen molar-refractivity contribution in [3.05, 3.63) is 52.8 Å². The number of nitrogens with one attached hydrogen (secondary N) is 1. The summed E-state index contributed by atoms with van der Waals surface area (Å²) < 4.78 is 44.4. The molecule has 8 heteroatoms. The smallest absolute Gasteiger partial charge is 0.433 e. The van der Waals surface area contributed by atoms with Gasteiger partial charge in [0, 0.05) is 18.1 Å². The summed E-state index contributed by atoms with van der Waals surface area (Å²) in [7, 11) is 1.51. The summed E-state index contributed by atoms with van der Waals surface area (Å²) in [6.45, 7) is 5.18. The van der Waals surface area contributed by atoms with Gasteiger partial charge in [-0.1, -0.05) is 25.3 Å². The number of alkyl halides is 3. The Morgan fingerprint density at radius 3 is 2.56 bits per heavy atom. The van der Waals surface area contributed by atoms with E-state index in [0.717, 1.165) is 23.7 Å². The minimum atomic E-state index is -4.62. The first-order valence-corrected chi connectivity index (χ1v) is 10.9. The second-order valence-electron chi connectivity index (χ2n) is 9.05. The molecular weight excluding hydrogens is 419 g/mol. The molecule has 0 radical (unpaired) electrons. The van der Waals surface area contributed by atoms with Crippen LogP contribution in [0.2, 0.25) is 0 Å². The molecule has 4 rings (SSSR count). The second-order valence-corrected chi connectivity index (χ2v) is 9.05. The van der Waals surface area contributed by atoms with E-state index >= 15 is 0 Å². The maximum absolute atomic E-state index is 13.0. The minimum absolute atomic E-state index is 0.171. The normalized spacial score (nSPS) is 18.9. The molecule has 172 valence electrons. The Morgan fingerprint density at radius 2 is 1.91 bits per heavy atom. The van der Waals surface area contributed by atoms with Gasteiger partial charge in [-0.2, -0.15) is 13.2 Å². The predicted octanol–water partition coefficient (Wildman–Crippen LogP) is 5.74. The molecule has 2 aromatic rings. The maximum Gasteiger partial charge on any atom is 0.433 e. The molecule has 0 unspecified atom stereocenters. The number of methoxy groups -OCH3 is 1. The largest absolute Gasteiger partial charge is 0.495 e. The molecule has 32 heavy (non-hydrogen) atoms. The molecule has 2 aliphatic rings. The molecule has 0 saturated heterocycles. The average Bonchev–Trinajstić information content (AvgIpc) is 3.03. The van der Waals surface area contributed by atoms with Crippen LogP contribution in [0.5, 0.6) is 5.75 Å². The number of carbonyl (C=O) groups excluding carboxylic acids is 1. The van der Waals surface area contributed by atoms with E-state index in [0.29, 0.717) is 17.5 Å². The van der Waals surface area contributed by atoms with Gasteiger partial charge in [0.05, 0.1) is 12.8 Å². The summed E-state index contributed by atoms with van der Waals surface area (Å²) in [5.41, 5.74) is 1.10. The van der Waals surface area contributed by atoms with Gasteiger partial charge in [-0.3, -0.25) is 9.69 Å². The number of benzene rings is 1. The van der Waals surface area contributed by atoms with Crippen molar-refractivity contribution >= 4 is 11.6 Å². The van der Waals surface area contributed by atoms with Crippen LogP contribution in [0.4, 0.5) is 18.9 Å². The van der Waals surface area contributed by atoms with Crippen molar-refractivity contribution in [2.24, 2.45) is 0 Å². The summed E-state index contributed by atoms with van der Waals surface area (Å²) in [6.07, 6.45) is 1.50. The van der Waals surface area contributed by atoms with E-state index in [1.807, 2.05) is 12.1 Å². The van der Waals surface area contributed by atoms with Gasteiger partial charge in [-0.15, -0.1) is 0 Å². The molecule has 1 aromatic heterocycles. The number of fused-ring (bicyclic) bond motifs is 1. The molecule has 1 fully saturated rings. The second kappa shape index (κ2) is 8.39. The molecule has 1 aromatic carbocycles. The highest BCUT2D eigenvalue weighted by atomic mass is 19.4. The third-order valence-electron chi connectivity index (χ3n) is 6.68. The fraction of sp³-hybridized carbons (Fsp3) is 0.500. The molecule has 0 atom stereocenters. The van der Waals surface area contributed by atoms with E-state index in [9.17, 15) is 18.0 Å². The zero-order valence-corrected chi connectivity index (χ0v) is 18.6. The van der Waals surface area contributed by atoms with E-state index in [1.54, 1.807) is 0 Å². The van der Waals surface area contributed by atoms with Crippen LogP contribution in [0.15, 0.2) is 30.3 Å². The number of aromatic nitrogens is 1. The van der Waals surface area contributed by atoms with Gasteiger partial charge in [-0.05, 0) is 62.1 Å². The highest BCUT2D eigenvalue weighted by Gasteiger charge is 2.42. The number of carbonyl (C=O) groups is 1. The number of amides is 1. The van der Waals surface area contributed by atoms with Gasteiger partial charge >= 0.3 is 6.18 Å². The lowest BCUT2D eigenvalue weighted by atomic mass is 9.88. The SMILES string of the molecule is COc1cc2c(cc1NC(=O)c1cccc(C(F)(F)F)n1)CN(C1CCCCC1)C2(C)C. The van der Waals surface area contributed by atoms with Crippen LogP contribution in [-0.2, 0) is 18.3 Å². The van der Waals surface area contributed by atoms with Gasteiger partial charge in [-0.25, -0.2) is 4.98 Å². The first kappa shape index (κ1) is 22.6. The van der Waals surface area contributed by atoms with Crippen molar-refractivity contribution in [1.82, 2.24) is 9.88 Å². The van der Waals surface area contributed by atoms with E-state index in [4.69, 9.17) is 4.74 Å². The summed E-state index contributed by atoms with van der Waals surface area (Å²) in [5.74, 6) is -0.238. The molecule has 0 spiro atoms. The lowest BCUT2D eigenvalue weighted by molar-refractivity contribution is -0.141. The van der Waals surface area contributed by atoms with E-state index in [2.05, 4.69) is 29.0 Å². The Kier molecular flexibility index (Phi) is 5.92. The molecule has 0 bridgehead atoms. The third kappa shape index (κ3) is 4.20. The molecule has 1 N–H and O–H groups in total. The summed E-state index contributed by atoms with van der Waals surface area (Å²) in [6, 6.07) is 7.62. The molecule has 1 aliphatic heterocycles. The predicted molar refractivity (Wildman–Crippen MR) is 116 cm³/mol. The first-order chi connectivity index (χ1) is 15.1. The highest BCUT2D eigenvalue weighted by Crippen LogP contribution is 2.46. The van der Waals surface area contributed by atoms with E-state index < -0.39 is 17.8 Å². The molecule has 1 aliphatic carbocycles. The van der Waals surface area contributed by atoms with Gasteiger partial charge < -0.3 is 10.1 Å². The fourth-order valence-electron chi connectivity index (χ4n) is 5.01. The number of halogens is 3. The Labute approximate surface area is 186 Å². The van der Waals surface area contributed by atoms with Crippen LogP contribution in [0.25, 0.3) is 0 Å². The van der Waals surface area contributed by atoms with Crippen LogP contribution in [0.3, 0.4) is 0 Å². The average molecular weight is 448 g/mol. The number of pyridine rings is 1. The van der Waals surface area contributed by atoms with E-state index in [1.165, 1.54) is 51.3 Å². The molecular formula is C24H28F3N3O2. The van der Waals surface area contributed by atoms with Crippen molar-refractivity contribution in [2.45, 2.75) is 70.3 Å². The van der Waals surface area contributed by atoms with Crippen molar-refractivity contribution in [3.8, 4) is 5.75 Å². The highest BCUT2D eigenvalue weighted by molar-refractivity contribution is 6.03. The lowest BCUT2D eigenvalue weighted by Gasteiger charge is -2.40. The summed E-state index contributed by atoms with van der Waals surface area (Å²) in [4.78, 5) is 18.7. The quantitative estimate of drug-likeness (QED) is 0.649. The number of rotatable bonds is 4. The number of ether oxygens (including phenoxy) is 1. The zero-order chi connectivity index (χ0) is 23.1. The number of nitrogens with zero attached hydrogens (tertiary/aromatic N) is 2. The van der Waals surface area contributed by atoms with Crippen molar-refractivity contribution < 1.29 is 22.7 Å². The Morgan fingerprint density at radius 1 is 1.19 bits per heavy atom. The van der Waals surface area contributed by atoms with E-state index in [-0.39, 0.29) is 11.2 Å². The van der Waals surface area contributed by atoms with Crippen molar-refractivity contribution in [1.29, 1.82) is 0 Å². The maximum atomic E-state index is 13.0. The van der Waals surface area contributed by atoms with Crippen LogP contribution in [0.1, 0.15) is 73.3 Å². The van der Waals surface area contributed by atoms with Gasteiger partial charge in [0.25, 0.3) is 5.91 Å². The van der Waals surface area contributed by atoms with Gasteiger partial charge in [0.1, 0.15) is 17.1 Å². The van der Waals surface area contributed by atoms with Crippen LogP contribution in [0, 0.1) is 0 Å². The summed E-state index contributed by atoms with van der Waals surface area (Å²) in [5, 5.41) is 2.70. The molecule has 1 saturated carbocycles. The standard InChI is InChI=1S/C24H28F3N3O2/c1-23(2)17-13-20(32-3)19(12-15(17)14-30(23)16-8-5-4-6-9-16)29-22(31)18-10-7-11-21(28-18)24(25,26)27/h7,10-13,16H,4-6,8-9,14H2,1-3H3,(H,29,31). The fourth-order valence-corrected chi connectivity index (χ4v) is 5.01. The zero-order valence-electron chi connectivity index (χ0n) is 18.6. The number of hydrogen-bond donors (Lipinski definition) is 1.